The summed E-state index contributed by atoms with van der Waals surface area (Å²) in [4.78, 5) is 22.3. The third-order valence-electron chi connectivity index (χ3n) is 2.64. The van der Waals surface area contributed by atoms with Gasteiger partial charge in [0.05, 0.1) is 6.42 Å². The number of hydrogen-bond donors (Lipinski definition) is 3. The number of anilines is 1. The number of benzene rings is 1. The molecule has 5 heteroatoms. The predicted molar refractivity (Wildman–Crippen MR) is 74.3 cm³/mol. The van der Waals surface area contributed by atoms with E-state index in [9.17, 15) is 9.59 Å². The molecular formula is C14H20N2O3. The van der Waals surface area contributed by atoms with E-state index < -0.39 is 5.97 Å². The van der Waals surface area contributed by atoms with Crippen LogP contribution >= 0.6 is 0 Å². The molecule has 0 saturated heterocycles. The van der Waals surface area contributed by atoms with E-state index in [4.69, 9.17) is 5.11 Å². The first kappa shape index (κ1) is 15.0. The van der Waals surface area contributed by atoms with Crippen LogP contribution in [0.5, 0.6) is 0 Å². The summed E-state index contributed by atoms with van der Waals surface area (Å²) >= 11 is 0. The molecule has 0 aliphatic heterocycles. The van der Waals surface area contributed by atoms with Gasteiger partial charge in [-0.05, 0) is 31.0 Å². The number of carbonyl (C=O) groups is 2. The van der Waals surface area contributed by atoms with Crippen LogP contribution in [0, 0.1) is 0 Å². The Balaban J connectivity index is 2.56. The average molecular weight is 264 g/mol. The van der Waals surface area contributed by atoms with E-state index in [2.05, 4.69) is 17.6 Å². The monoisotopic (exact) mass is 264 g/mol. The maximum atomic E-state index is 11.7. The molecule has 104 valence electrons. The molecule has 0 radical (unpaired) electrons. The molecule has 19 heavy (non-hydrogen) atoms. The number of carboxylic acid groups (broad SMARTS) is 1. The van der Waals surface area contributed by atoms with Crippen LogP contribution in [-0.2, 0) is 11.2 Å². The third kappa shape index (κ3) is 5.90. The molecule has 0 aromatic heterocycles. The summed E-state index contributed by atoms with van der Waals surface area (Å²) in [6.07, 6.45) is 1.88. The molecule has 0 spiro atoms. The fraction of sp³-hybridized carbons (Fsp3) is 0.429. The Hall–Kier alpha value is -2.04. The first-order valence-electron chi connectivity index (χ1n) is 6.39. The van der Waals surface area contributed by atoms with Crippen LogP contribution in [0.25, 0.3) is 0 Å². The number of carbonyl (C=O) groups excluding carboxylic acids is 1. The first-order chi connectivity index (χ1) is 9.01. The predicted octanol–water partition coefficient (Wildman–Crippen LogP) is 2.62. The Morgan fingerprint density at radius 1 is 1.37 bits per heavy atom. The second kappa shape index (κ2) is 7.41. The molecule has 1 aromatic carbocycles. The number of hydrogen-bond acceptors (Lipinski definition) is 2. The lowest BCUT2D eigenvalue weighted by Crippen LogP contribution is -2.35. The number of carboxylic acids is 1. The highest BCUT2D eigenvalue weighted by molar-refractivity contribution is 5.89. The van der Waals surface area contributed by atoms with Gasteiger partial charge in [0.25, 0.3) is 0 Å². The quantitative estimate of drug-likeness (QED) is 0.739. The van der Waals surface area contributed by atoms with Gasteiger partial charge in [-0.15, -0.1) is 0 Å². The fourth-order valence-electron chi connectivity index (χ4n) is 1.83. The van der Waals surface area contributed by atoms with Crippen LogP contribution < -0.4 is 10.6 Å². The number of aliphatic carboxylic acids is 1. The van der Waals surface area contributed by atoms with Crippen LogP contribution in [-0.4, -0.2) is 23.1 Å². The molecule has 2 amide bonds. The van der Waals surface area contributed by atoms with Crippen molar-refractivity contribution >= 4 is 17.7 Å². The van der Waals surface area contributed by atoms with Crippen LogP contribution in [0.15, 0.2) is 24.3 Å². The topological polar surface area (TPSA) is 78.4 Å². The molecule has 0 aliphatic rings. The molecule has 1 unspecified atom stereocenters. The number of rotatable bonds is 6. The van der Waals surface area contributed by atoms with Gasteiger partial charge in [0.1, 0.15) is 0 Å². The van der Waals surface area contributed by atoms with Gasteiger partial charge in [-0.3, -0.25) is 4.79 Å². The van der Waals surface area contributed by atoms with E-state index in [0.29, 0.717) is 11.3 Å². The van der Waals surface area contributed by atoms with Gasteiger partial charge in [-0.2, -0.15) is 0 Å². The maximum Gasteiger partial charge on any atom is 0.319 e. The number of nitrogens with one attached hydrogen (secondary N) is 2. The zero-order valence-corrected chi connectivity index (χ0v) is 11.3. The van der Waals surface area contributed by atoms with Gasteiger partial charge < -0.3 is 15.7 Å². The summed E-state index contributed by atoms with van der Waals surface area (Å²) in [5, 5.41) is 14.2. The average Bonchev–Trinajstić information content (AvgIpc) is 2.28. The largest absolute Gasteiger partial charge is 0.481 e. The smallest absolute Gasteiger partial charge is 0.319 e. The summed E-state index contributed by atoms with van der Waals surface area (Å²) in [5.74, 6) is -0.891. The molecule has 0 heterocycles. The standard InChI is InChI=1S/C14H20N2O3/c1-3-5-10(2)15-14(19)16-12-7-4-6-11(8-12)9-13(17)18/h4,6-8,10H,3,5,9H2,1-2H3,(H,17,18)(H2,15,16,19). The van der Waals surface area contributed by atoms with Crippen molar-refractivity contribution in [1.29, 1.82) is 0 Å². The van der Waals surface area contributed by atoms with E-state index >= 15 is 0 Å². The van der Waals surface area contributed by atoms with Gasteiger partial charge in [-0.1, -0.05) is 25.5 Å². The molecule has 1 atom stereocenters. The van der Waals surface area contributed by atoms with Crippen molar-refractivity contribution in [1.82, 2.24) is 5.32 Å². The minimum Gasteiger partial charge on any atom is -0.481 e. The summed E-state index contributed by atoms with van der Waals surface area (Å²) in [6, 6.07) is 6.69. The van der Waals surface area contributed by atoms with E-state index in [-0.39, 0.29) is 18.5 Å². The van der Waals surface area contributed by atoms with E-state index in [1.54, 1.807) is 24.3 Å². The zero-order chi connectivity index (χ0) is 14.3. The molecule has 1 rings (SSSR count). The molecular weight excluding hydrogens is 244 g/mol. The lowest BCUT2D eigenvalue weighted by Gasteiger charge is -2.14. The summed E-state index contributed by atoms with van der Waals surface area (Å²) in [6.45, 7) is 4.01. The Morgan fingerprint density at radius 2 is 2.11 bits per heavy atom. The summed E-state index contributed by atoms with van der Waals surface area (Å²) < 4.78 is 0. The number of urea groups is 1. The van der Waals surface area contributed by atoms with Crippen molar-refractivity contribution < 1.29 is 14.7 Å². The highest BCUT2D eigenvalue weighted by Crippen LogP contribution is 2.11. The van der Waals surface area contributed by atoms with Gasteiger partial charge >= 0.3 is 12.0 Å². The van der Waals surface area contributed by atoms with Crippen molar-refractivity contribution in [2.24, 2.45) is 0 Å². The second-order valence-corrected chi connectivity index (χ2v) is 4.56. The molecule has 0 bridgehead atoms. The Kier molecular flexibility index (Phi) is 5.85. The minimum absolute atomic E-state index is 0.0522. The molecule has 0 fully saturated rings. The van der Waals surface area contributed by atoms with Crippen LogP contribution in [0.1, 0.15) is 32.3 Å². The van der Waals surface area contributed by atoms with Gasteiger partial charge in [0, 0.05) is 11.7 Å². The second-order valence-electron chi connectivity index (χ2n) is 4.56. The maximum absolute atomic E-state index is 11.7. The van der Waals surface area contributed by atoms with Gasteiger partial charge in [0.2, 0.25) is 0 Å². The Labute approximate surface area is 113 Å². The fourth-order valence-corrected chi connectivity index (χ4v) is 1.83. The zero-order valence-electron chi connectivity index (χ0n) is 11.3. The summed E-state index contributed by atoms with van der Waals surface area (Å²) in [7, 11) is 0. The highest BCUT2D eigenvalue weighted by Gasteiger charge is 2.07. The minimum atomic E-state index is -0.891. The van der Waals surface area contributed by atoms with Crippen molar-refractivity contribution in [3.05, 3.63) is 29.8 Å². The lowest BCUT2D eigenvalue weighted by atomic mass is 10.1. The van der Waals surface area contributed by atoms with E-state index in [1.165, 1.54) is 0 Å². The SMILES string of the molecule is CCCC(C)NC(=O)Nc1cccc(CC(=O)O)c1. The van der Waals surface area contributed by atoms with Crippen molar-refractivity contribution in [3.8, 4) is 0 Å². The first-order valence-corrected chi connectivity index (χ1v) is 6.39. The number of amides is 2. The van der Waals surface area contributed by atoms with Crippen LogP contribution in [0.2, 0.25) is 0 Å². The lowest BCUT2D eigenvalue weighted by molar-refractivity contribution is -0.136. The Morgan fingerprint density at radius 3 is 2.74 bits per heavy atom. The van der Waals surface area contributed by atoms with Gasteiger partial charge in [0.15, 0.2) is 0 Å². The molecule has 0 aliphatic carbocycles. The normalized spacial score (nSPS) is 11.7. The van der Waals surface area contributed by atoms with E-state index in [1.807, 2.05) is 6.92 Å². The van der Waals surface area contributed by atoms with Crippen molar-refractivity contribution in [3.63, 3.8) is 0 Å². The molecule has 0 saturated carbocycles. The van der Waals surface area contributed by atoms with Crippen LogP contribution in [0.4, 0.5) is 10.5 Å². The Bertz CT molecular complexity index is 446. The third-order valence-corrected chi connectivity index (χ3v) is 2.64. The highest BCUT2D eigenvalue weighted by atomic mass is 16.4. The van der Waals surface area contributed by atoms with Gasteiger partial charge in [-0.25, -0.2) is 4.79 Å². The molecule has 3 N–H and O–H groups in total. The van der Waals surface area contributed by atoms with Crippen LogP contribution in [0.3, 0.4) is 0 Å². The molecule has 5 nitrogen and oxygen atoms in total. The van der Waals surface area contributed by atoms with Crippen molar-refractivity contribution in [2.75, 3.05) is 5.32 Å². The van der Waals surface area contributed by atoms with E-state index in [0.717, 1.165) is 12.8 Å². The summed E-state index contributed by atoms with van der Waals surface area (Å²) in [5.41, 5.74) is 1.26. The van der Waals surface area contributed by atoms with Crippen molar-refractivity contribution in [2.45, 2.75) is 39.2 Å². The molecule has 1 aromatic rings.